The van der Waals surface area contributed by atoms with Gasteiger partial charge in [0.15, 0.2) is 0 Å². The van der Waals surface area contributed by atoms with E-state index >= 15 is 0 Å². The van der Waals surface area contributed by atoms with Crippen LogP contribution in [-0.2, 0) is 15.1 Å². The van der Waals surface area contributed by atoms with Crippen molar-refractivity contribution in [1.82, 2.24) is 4.90 Å². The van der Waals surface area contributed by atoms with Crippen LogP contribution in [0.4, 0.5) is 0 Å². The minimum absolute atomic E-state index is 0.340. The summed E-state index contributed by atoms with van der Waals surface area (Å²) in [4.78, 5) is 14.5. The molecule has 4 nitrogen and oxygen atoms in total. The molecule has 1 aromatic carbocycles. The van der Waals surface area contributed by atoms with E-state index in [0.29, 0.717) is 18.9 Å². The Hall–Kier alpha value is -1.39. The Morgan fingerprint density at radius 1 is 1.33 bits per heavy atom. The predicted molar refractivity (Wildman–Crippen MR) is 85.9 cm³/mol. The molecule has 1 atom stereocenters. The lowest BCUT2D eigenvalue weighted by Gasteiger charge is -2.30. The first-order valence-corrected chi connectivity index (χ1v) is 7.60. The molecule has 21 heavy (non-hydrogen) atoms. The van der Waals surface area contributed by atoms with Crippen LogP contribution < -0.4 is 5.73 Å². The lowest BCUT2D eigenvalue weighted by atomic mass is 9.87. The van der Waals surface area contributed by atoms with Crippen LogP contribution in [0.2, 0.25) is 0 Å². The molecule has 0 saturated carbocycles. The van der Waals surface area contributed by atoms with Crippen molar-refractivity contribution in [3.05, 3.63) is 35.9 Å². The van der Waals surface area contributed by atoms with Gasteiger partial charge in [0.1, 0.15) is 5.54 Å². The zero-order valence-corrected chi connectivity index (χ0v) is 13.6. The summed E-state index contributed by atoms with van der Waals surface area (Å²) in [5.74, 6) is 0.232. The van der Waals surface area contributed by atoms with Crippen molar-refractivity contribution in [2.24, 2.45) is 11.7 Å². The minimum Gasteiger partial charge on any atom is -0.464 e. The molecule has 0 bridgehead atoms. The Kier molecular flexibility index (Phi) is 6.85. The standard InChI is InChI=1S/C17H28N2O2/c1-5-21-16(20)17(18,15-9-7-6-8-10-15)11-12-19(4)13-14(2)3/h6-10,14H,5,11-13,18H2,1-4H3. The first-order valence-electron chi connectivity index (χ1n) is 7.60. The van der Waals surface area contributed by atoms with E-state index in [-0.39, 0.29) is 5.97 Å². The Labute approximate surface area is 128 Å². The summed E-state index contributed by atoms with van der Waals surface area (Å²) in [7, 11) is 2.05. The van der Waals surface area contributed by atoms with Crippen molar-refractivity contribution >= 4 is 5.97 Å². The fraction of sp³-hybridized carbons (Fsp3) is 0.588. The van der Waals surface area contributed by atoms with Crippen LogP contribution in [0.25, 0.3) is 0 Å². The SMILES string of the molecule is CCOC(=O)C(N)(CCN(C)CC(C)C)c1ccccc1. The lowest BCUT2D eigenvalue weighted by Crippen LogP contribution is -2.48. The van der Waals surface area contributed by atoms with Gasteiger partial charge in [-0.2, -0.15) is 0 Å². The maximum Gasteiger partial charge on any atom is 0.330 e. The van der Waals surface area contributed by atoms with E-state index in [9.17, 15) is 4.79 Å². The van der Waals surface area contributed by atoms with Gasteiger partial charge < -0.3 is 15.4 Å². The van der Waals surface area contributed by atoms with Gasteiger partial charge in [-0.15, -0.1) is 0 Å². The molecule has 0 aromatic heterocycles. The summed E-state index contributed by atoms with van der Waals surface area (Å²) in [5.41, 5.74) is 6.15. The molecule has 118 valence electrons. The maximum atomic E-state index is 12.3. The molecule has 0 heterocycles. The van der Waals surface area contributed by atoms with E-state index in [1.165, 1.54) is 0 Å². The average molecular weight is 292 g/mol. The van der Waals surface area contributed by atoms with Crippen LogP contribution in [0.15, 0.2) is 30.3 Å². The van der Waals surface area contributed by atoms with E-state index in [4.69, 9.17) is 10.5 Å². The minimum atomic E-state index is -1.08. The van der Waals surface area contributed by atoms with Crippen LogP contribution in [-0.4, -0.2) is 37.6 Å². The molecular weight excluding hydrogens is 264 g/mol. The molecule has 0 saturated heterocycles. The topological polar surface area (TPSA) is 55.6 Å². The molecule has 0 radical (unpaired) electrons. The fourth-order valence-electron chi connectivity index (χ4n) is 2.44. The maximum absolute atomic E-state index is 12.3. The van der Waals surface area contributed by atoms with Crippen LogP contribution in [0.5, 0.6) is 0 Å². The predicted octanol–water partition coefficient (Wildman–Crippen LogP) is 2.38. The van der Waals surface area contributed by atoms with Gasteiger partial charge >= 0.3 is 5.97 Å². The Balaban J connectivity index is 2.85. The number of ether oxygens (including phenoxy) is 1. The normalized spacial score (nSPS) is 14.2. The van der Waals surface area contributed by atoms with Gasteiger partial charge in [-0.3, -0.25) is 0 Å². The van der Waals surface area contributed by atoms with Gasteiger partial charge in [-0.05, 0) is 31.9 Å². The highest BCUT2D eigenvalue weighted by Gasteiger charge is 2.37. The number of carbonyl (C=O) groups is 1. The average Bonchev–Trinajstić information content (AvgIpc) is 2.45. The summed E-state index contributed by atoms with van der Waals surface area (Å²) in [6.45, 7) is 8.22. The smallest absolute Gasteiger partial charge is 0.330 e. The van der Waals surface area contributed by atoms with Crippen LogP contribution in [0, 0.1) is 5.92 Å². The van der Waals surface area contributed by atoms with Gasteiger partial charge in [-0.25, -0.2) is 4.79 Å². The van der Waals surface area contributed by atoms with Gasteiger partial charge in [0.2, 0.25) is 0 Å². The second-order valence-electron chi connectivity index (χ2n) is 5.96. The first-order chi connectivity index (χ1) is 9.90. The summed E-state index contributed by atoms with van der Waals surface area (Å²) >= 11 is 0. The Morgan fingerprint density at radius 3 is 2.48 bits per heavy atom. The van der Waals surface area contributed by atoms with E-state index in [1.54, 1.807) is 6.92 Å². The van der Waals surface area contributed by atoms with Gasteiger partial charge in [0, 0.05) is 13.1 Å². The third kappa shape index (κ3) is 5.14. The number of hydrogen-bond acceptors (Lipinski definition) is 4. The van der Waals surface area contributed by atoms with Crippen LogP contribution in [0.3, 0.4) is 0 Å². The van der Waals surface area contributed by atoms with Gasteiger partial charge in [-0.1, -0.05) is 44.2 Å². The largest absolute Gasteiger partial charge is 0.464 e. The highest BCUT2D eigenvalue weighted by atomic mass is 16.5. The molecular formula is C17H28N2O2. The number of esters is 1. The molecule has 0 aliphatic rings. The van der Waals surface area contributed by atoms with E-state index in [1.807, 2.05) is 30.3 Å². The highest BCUT2D eigenvalue weighted by Crippen LogP contribution is 2.24. The zero-order chi connectivity index (χ0) is 15.9. The van der Waals surface area contributed by atoms with Gasteiger partial charge in [0.25, 0.3) is 0 Å². The van der Waals surface area contributed by atoms with Crippen LogP contribution in [0.1, 0.15) is 32.8 Å². The zero-order valence-electron chi connectivity index (χ0n) is 13.6. The molecule has 1 rings (SSSR count). The van der Waals surface area contributed by atoms with Crippen molar-refractivity contribution < 1.29 is 9.53 Å². The quantitative estimate of drug-likeness (QED) is 0.747. The van der Waals surface area contributed by atoms with E-state index in [0.717, 1.165) is 18.7 Å². The summed E-state index contributed by atoms with van der Waals surface area (Å²) in [6, 6.07) is 9.49. The molecule has 4 heteroatoms. The summed E-state index contributed by atoms with van der Waals surface area (Å²) in [6.07, 6.45) is 0.541. The van der Waals surface area contributed by atoms with Crippen molar-refractivity contribution in [2.75, 3.05) is 26.7 Å². The van der Waals surface area contributed by atoms with Crippen molar-refractivity contribution in [2.45, 2.75) is 32.7 Å². The molecule has 0 amide bonds. The fourth-order valence-corrected chi connectivity index (χ4v) is 2.44. The monoisotopic (exact) mass is 292 g/mol. The van der Waals surface area contributed by atoms with Gasteiger partial charge in [0.05, 0.1) is 6.61 Å². The Bertz CT molecular complexity index is 434. The second kappa shape index (κ2) is 8.15. The highest BCUT2D eigenvalue weighted by molar-refractivity contribution is 5.82. The third-order valence-corrected chi connectivity index (χ3v) is 3.49. The van der Waals surface area contributed by atoms with Crippen LogP contribution >= 0.6 is 0 Å². The molecule has 0 aliphatic carbocycles. The molecule has 0 spiro atoms. The Morgan fingerprint density at radius 2 is 1.95 bits per heavy atom. The van der Waals surface area contributed by atoms with Crippen molar-refractivity contribution in [3.63, 3.8) is 0 Å². The number of rotatable bonds is 8. The first kappa shape index (κ1) is 17.7. The van der Waals surface area contributed by atoms with E-state index in [2.05, 4.69) is 25.8 Å². The summed E-state index contributed by atoms with van der Waals surface area (Å²) in [5, 5.41) is 0. The molecule has 0 aliphatic heterocycles. The van der Waals surface area contributed by atoms with E-state index < -0.39 is 5.54 Å². The molecule has 0 fully saturated rings. The molecule has 1 aromatic rings. The number of nitrogens with zero attached hydrogens (tertiary/aromatic N) is 1. The lowest BCUT2D eigenvalue weighted by molar-refractivity contribution is -0.150. The molecule has 1 unspecified atom stereocenters. The van der Waals surface area contributed by atoms with Crippen molar-refractivity contribution in [3.8, 4) is 0 Å². The third-order valence-electron chi connectivity index (χ3n) is 3.49. The number of benzene rings is 1. The number of nitrogens with two attached hydrogens (primary N) is 1. The number of carbonyl (C=O) groups excluding carboxylic acids is 1. The second-order valence-corrected chi connectivity index (χ2v) is 5.96. The molecule has 2 N–H and O–H groups in total. The number of hydrogen-bond donors (Lipinski definition) is 1. The van der Waals surface area contributed by atoms with Crippen molar-refractivity contribution in [1.29, 1.82) is 0 Å². The summed E-state index contributed by atoms with van der Waals surface area (Å²) < 4.78 is 5.19.